The first-order valence-corrected chi connectivity index (χ1v) is 7.56. The number of aryl methyl sites for hydroxylation is 2. The smallest absolute Gasteiger partial charge is 0.0767 e. The van der Waals surface area contributed by atoms with Gasteiger partial charge in [0.05, 0.1) is 15.9 Å². The predicted octanol–water partition coefficient (Wildman–Crippen LogP) is 2.27. The molecular weight excluding hydrogens is 292 g/mol. The van der Waals surface area contributed by atoms with E-state index in [1.165, 1.54) is 10.2 Å². The predicted molar refractivity (Wildman–Crippen MR) is 79.9 cm³/mol. The second-order valence-electron chi connectivity index (χ2n) is 4.47. The zero-order valence-electron chi connectivity index (χ0n) is 12.0. The summed E-state index contributed by atoms with van der Waals surface area (Å²) in [6.07, 6.45) is 0.974. The van der Waals surface area contributed by atoms with E-state index in [2.05, 4.69) is 63.7 Å². The highest BCUT2D eigenvalue weighted by molar-refractivity contribution is 9.10. The maximum Gasteiger partial charge on any atom is 0.0767 e. The van der Waals surface area contributed by atoms with Crippen LogP contribution in [0.25, 0.3) is 0 Å². The van der Waals surface area contributed by atoms with E-state index in [9.17, 15) is 0 Å². The summed E-state index contributed by atoms with van der Waals surface area (Å²) in [7, 11) is 2.16. The summed E-state index contributed by atoms with van der Waals surface area (Å²) in [5, 5.41) is 7.97. The maximum atomic E-state index is 4.62. The largest absolute Gasteiger partial charge is 0.316 e. The van der Waals surface area contributed by atoms with E-state index in [1.54, 1.807) is 0 Å². The molecule has 18 heavy (non-hydrogen) atoms. The molecule has 104 valence electrons. The topological polar surface area (TPSA) is 33.1 Å². The van der Waals surface area contributed by atoms with Crippen molar-refractivity contribution in [2.24, 2.45) is 0 Å². The minimum absolute atomic E-state index is 0.926. The number of halogens is 1. The fourth-order valence-corrected chi connectivity index (χ4v) is 2.64. The van der Waals surface area contributed by atoms with E-state index in [0.29, 0.717) is 0 Å². The zero-order valence-corrected chi connectivity index (χ0v) is 13.5. The fraction of sp³-hybridized carbons (Fsp3) is 0.769. The maximum absolute atomic E-state index is 4.62. The van der Waals surface area contributed by atoms with Gasteiger partial charge in [0.25, 0.3) is 0 Å². The van der Waals surface area contributed by atoms with Gasteiger partial charge in [0, 0.05) is 26.2 Å². The molecule has 0 spiro atoms. The van der Waals surface area contributed by atoms with Gasteiger partial charge in [0.2, 0.25) is 0 Å². The molecule has 0 radical (unpaired) electrons. The lowest BCUT2D eigenvalue weighted by Gasteiger charge is -2.17. The molecule has 1 heterocycles. The third kappa shape index (κ3) is 4.07. The highest BCUT2D eigenvalue weighted by Crippen LogP contribution is 2.23. The SMILES string of the molecule is CCNCCN(C)Cc1c(Br)c(CC)nn1CC. The molecule has 0 aliphatic rings. The Bertz CT molecular complexity index is 362. The van der Waals surface area contributed by atoms with Gasteiger partial charge in [0.15, 0.2) is 0 Å². The molecule has 0 saturated heterocycles. The Kier molecular flexibility index (Phi) is 6.89. The van der Waals surface area contributed by atoms with Crippen LogP contribution < -0.4 is 5.32 Å². The van der Waals surface area contributed by atoms with E-state index in [1.807, 2.05) is 0 Å². The monoisotopic (exact) mass is 316 g/mol. The molecule has 0 aromatic carbocycles. The number of nitrogens with zero attached hydrogens (tertiary/aromatic N) is 3. The Morgan fingerprint density at radius 1 is 1.33 bits per heavy atom. The summed E-state index contributed by atoms with van der Waals surface area (Å²) in [4.78, 5) is 2.33. The number of hydrogen-bond donors (Lipinski definition) is 1. The van der Waals surface area contributed by atoms with Gasteiger partial charge >= 0.3 is 0 Å². The van der Waals surface area contributed by atoms with Gasteiger partial charge < -0.3 is 5.32 Å². The van der Waals surface area contributed by atoms with Crippen LogP contribution in [0.1, 0.15) is 32.2 Å². The Hall–Kier alpha value is -0.390. The van der Waals surface area contributed by atoms with Crippen LogP contribution >= 0.6 is 15.9 Å². The van der Waals surface area contributed by atoms with Crippen LogP contribution in [0.15, 0.2) is 4.47 Å². The molecular formula is C13H25BrN4. The molecule has 0 unspecified atom stereocenters. The number of nitrogens with one attached hydrogen (secondary N) is 1. The standard InChI is InChI=1S/C13H25BrN4/c1-5-11-13(14)12(18(7-3)16-11)10-17(4)9-8-15-6-2/h15H,5-10H2,1-4H3. The summed E-state index contributed by atoms with van der Waals surface area (Å²) in [5.41, 5.74) is 2.44. The fourth-order valence-electron chi connectivity index (χ4n) is 1.95. The Balaban J connectivity index is 2.67. The first-order chi connectivity index (χ1) is 8.63. The van der Waals surface area contributed by atoms with Crippen molar-refractivity contribution in [1.82, 2.24) is 20.0 Å². The third-order valence-corrected chi connectivity index (χ3v) is 3.95. The van der Waals surface area contributed by atoms with Crippen LogP contribution in [0.2, 0.25) is 0 Å². The molecule has 0 aliphatic heterocycles. The van der Waals surface area contributed by atoms with Crippen LogP contribution in [-0.2, 0) is 19.5 Å². The molecule has 0 aliphatic carbocycles. The van der Waals surface area contributed by atoms with Crippen molar-refractivity contribution in [3.8, 4) is 0 Å². The molecule has 0 saturated carbocycles. The Morgan fingerprint density at radius 3 is 2.61 bits per heavy atom. The molecule has 0 bridgehead atoms. The van der Waals surface area contributed by atoms with E-state index >= 15 is 0 Å². The number of rotatable bonds is 8. The van der Waals surface area contributed by atoms with Crippen molar-refractivity contribution in [2.45, 2.75) is 40.3 Å². The summed E-state index contributed by atoms with van der Waals surface area (Å²) in [6.45, 7) is 11.4. The van der Waals surface area contributed by atoms with Gasteiger partial charge in [-0.3, -0.25) is 9.58 Å². The van der Waals surface area contributed by atoms with Gasteiger partial charge in [0.1, 0.15) is 0 Å². The molecule has 1 N–H and O–H groups in total. The minimum Gasteiger partial charge on any atom is -0.316 e. The molecule has 1 aromatic heterocycles. The normalized spacial score (nSPS) is 11.4. The number of aromatic nitrogens is 2. The molecule has 0 atom stereocenters. The van der Waals surface area contributed by atoms with E-state index < -0.39 is 0 Å². The van der Waals surface area contributed by atoms with Gasteiger partial charge in [-0.05, 0) is 42.9 Å². The number of likely N-dealkylation sites (N-methyl/N-ethyl adjacent to an activating group) is 2. The van der Waals surface area contributed by atoms with Gasteiger partial charge in [-0.15, -0.1) is 0 Å². The summed E-state index contributed by atoms with van der Waals surface area (Å²) in [6, 6.07) is 0. The Morgan fingerprint density at radius 2 is 2.06 bits per heavy atom. The van der Waals surface area contributed by atoms with E-state index in [4.69, 9.17) is 0 Å². The molecule has 0 fully saturated rings. The van der Waals surface area contributed by atoms with Gasteiger partial charge in [-0.1, -0.05) is 13.8 Å². The lowest BCUT2D eigenvalue weighted by atomic mass is 10.3. The lowest BCUT2D eigenvalue weighted by Crippen LogP contribution is -2.29. The average Bonchev–Trinajstić information content (AvgIpc) is 2.66. The van der Waals surface area contributed by atoms with E-state index in [0.717, 1.165) is 44.8 Å². The molecule has 5 heteroatoms. The van der Waals surface area contributed by atoms with Crippen molar-refractivity contribution in [2.75, 3.05) is 26.7 Å². The van der Waals surface area contributed by atoms with Gasteiger partial charge in [-0.2, -0.15) is 5.10 Å². The van der Waals surface area contributed by atoms with Crippen LogP contribution in [0.3, 0.4) is 0 Å². The molecule has 0 amide bonds. The second-order valence-corrected chi connectivity index (χ2v) is 5.26. The quantitative estimate of drug-likeness (QED) is 0.747. The van der Waals surface area contributed by atoms with Crippen molar-refractivity contribution in [1.29, 1.82) is 0 Å². The average molecular weight is 317 g/mol. The highest BCUT2D eigenvalue weighted by atomic mass is 79.9. The minimum atomic E-state index is 0.926. The third-order valence-electron chi connectivity index (χ3n) is 3.03. The summed E-state index contributed by atoms with van der Waals surface area (Å²) in [5.74, 6) is 0. The summed E-state index contributed by atoms with van der Waals surface area (Å²) >= 11 is 3.69. The van der Waals surface area contributed by atoms with E-state index in [-0.39, 0.29) is 0 Å². The summed E-state index contributed by atoms with van der Waals surface area (Å²) < 4.78 is 3.29. The molecule has 1 rings (SSSR count). The van der Waals surface area contributed by atoms with Crippen LogP contribution in [-0.4, -0.2) is 41.4 Å². The molecule has 4 nitrogen and oxygen atoms in total. The highest BCUT2D eigenvalue weighted by Gasteiger charge is 2.14. The molecule has 1 aromatic rings. The lowest BCUT2D eigenvalue weighted by molar-refractivity contribution is 0.313. The van der Waals surface area contributed by atoms with Gasteiger partial charge in [-0.25, -0.2) is 0 Å². The number of hydrogen-bond acceptors (Lipinski definition) is 3. The zero-order chi connectivity index (χ0) is 13.5. The van der Waals surface area contributed by atoms with Crippen LogP contribution in [0, 0.1) is 0 Å². The first kappa shape index (κ1) is 15.7. The van der Waals surface area contributed by atoms with Crippen molar-refractivity contribution >= 4 is 15.9 Å². The second kappa shape index (κ2) is 7.92. The Labute approximate surface area is 119 Å². The van der Waals surface area contributed by atoms with Crippen molar-refractivity contribution in [3.05, 3.63) is 15.9 Å². The van der Waals surface area contributed by atoms with Crippen LogP contribution in [0.5, 0.6) is 0 Å². The first-order valence-electron chi connectivity index (χ1n) is 6.77. The van der Waals surface area contributed by atoms with Crippen LogP contribution in [0.4, 0.5) is 0 Å². The van der Waals surface area contributed by atoms with Crippen molar-refractivity contribution in [3.63, 3.8) is 0 Å². The van der Waals surface area contributed by atoms with Crippen molar-refractivity contribution < 1.29 is 0 Å².